The van der Waals surface area contributed by atoms with Crippen molar-refractivity contribution in [1.29, 1.82) is 0 Å². The summed E-state index contributed by atoms with van der Waals surface area (Å²) in [5.74, 6) is 0.615. The number of amides is 1. The average molecular weight is 269 g/mol. The molecule has 19 heavy (non-hydrogen) atoms. The smallest absolute Gasteiger partial charge is 0.224 e. The molecule has 1 amide bonds. The summed E-state index contributed by atoms with van der Waals surface area (Å²) in [5.41, 5.74) is 6.18. The fraction of sp³-hybridized carbons (Fsp3) is 0.933. The van der Waals surface area contributed by atoms with E-state index >= 15 is 0 Å². The summed E-state index contributed by atoms with van der Waals surface area (Å²) < 4.78 is 0. The summed E-state index contributed by atoms with van der Waals surface area (Å²) in [6.45, 7) is 11.5. The van der Waals surface area contributed by atoms with Crippen LogP contribution in [-0.4, -0.2) is 42.5 Å². The molecule has 4 nitrogen and oxygen atoms in total. The molecule has 1 saturated carbocycles. The van der Waals surface area contributed by atoms with Gasteiger partial charge in [-0.2, -0.15) is 0 Å². The lowest BCUT2D eigenvalue weighted by atomic mass is 9.78. The molecule has 1 fully saturated rings. The highest BCUT2D eigenvalue weighted by Crippen LogP contribution is 2.27. The van der Waals surface area contributed by atoms with Crippen molar-refractivity contribution in [2.45, 2.75) is 59.0 Å². The first kappa shape index (κ1) is 16.4. The topological polar surface area (TPSA) is 58.4 Å². The van der Waals surface area contributed by atoms with Gasteiger partial charge in [-0.15, -0.1) is 0 Å². The minimum absolute atomic E-state index is 0.00269. The van der Waals surface area contributed by atoms with Gasteiger partial charge in [-0.25, -0.2) is 0 Å². The van der Waals surface area contributed by atoms with E-state index in [-0.39, 0.29) is 23.9 Å². The summed E-state index contributed by atoms with van der Waals surface area (Å²) in [5, 5.41) is 3.14. The lowest BCUT2D eigenvalue weighted by molar-refractivity contribution is -0.127. The molecule has 0 aromatic heterocycles. The van der Waals surface area contributed by atoms with E-state index in [4.69, 9.17) is 5.73 Å². The van der Waals surface area contributed by atoms with Crippen molar-refractivity contribution in [3.05, 3.63) is 0 Å². The van der Waals surface area contributed by atoms with Gasteiger partial charge >= 0.3 is 0 Å². The van der Waals surface area contributed by atoms with E-state index in [9.17, 15) is 4.79 Å². The Labute approximate surface area is 118 Å². The molecule has 0 spiro atoms. The maximum absolute atomic E-state index is 12.3. The number of carbonyl (C=O) groups excluding carboxylic acids is 1. The zero-order chi connectivity index (χ0) is 14.4. The highest BCUT2D eigenvalue weighted by Gasteiger charge is 2.33. The summed E-state index contributed by atoms with van der Waals surface area (Å²) in [6.07, 6.45) is 3.21. The monoisotopic (exact) mass is 269 g/mol. The molecule has 0 bridgehead atoms. The number of hydrogen-bond donors (Lipinski definition) is 2. The first-order chi connectivity index (χ1) is 8.99. The second-order valence-electron chi connectivity index (χ2n) is 5.99. The zero-order valence-electron chi connectivity index (χ0n) is 13.0. The molecule has 4 heteroatoms. The second kappa shape index (κ2) is 7.85. The van der Waals surface area contributed by atoms with Gasteiger partial charge in [0.1, 0.15) is 0 Å². The van der Waals surface area contributed by atoms with E-state index in [0.717, 1.165) is 38.9 Å². The van der Waals surface area contributed by atoms with E-state index in [0.29, 0.717) is 5.92 Å². The molecule has 3 N–H and O–H groups in total. The molecular weight excluding hydrogens is 238 g/mol. The third kappa shape index (κ3) is 4.77. The first-order valence-electron chi connectivity index (χ1n) is 7.77. The van der Waals surface area contributed by atoms with E-state index < -0.39 is 0 Å². The van der Waals surface area contributed by atoms with Crippen molar-refractivity contribution >= 4 is 5.91 Å². The predicted octanol–water partition coefficient (Wildman–Crippen LogP) is 1.60. The first-order valence-corrected chi connectivity index (χ1v) is 7.77. The van der Waals surface area contributed by atoms with Crippen molar-refractivity contribution in [3.8, 4) is 0 Å². The van der Waals surface area contributed by atoms with Crippen molar-refractivity contribution < 1.29 is 4.79 Å². The van der Waals surface area contributed by atoms with Crippen LogP contribution in [0.5, 0.6) is 0 Å². The van der Waals surface area contributed by atoms with Gasteiger partial charge in [-0.3, -0.25) is 4.79 Å². The van der Waals surface area contributed by atoms with Crippen LogP contribution in [0.15, 0.2) is 0 Å². The van der Waals surface area contributed by atoms with Gasteiger partial charge in [0.05, 0.1) is 5.92 Å². The average Bonchev–Trinajstić information content (AvgIpc) is 2.38. The fourth-order valence-electron chi connectivity index (χ4n) is 3.01. The third-order valence-corrected chi connectivity index (χ3v) is 4.45. The van der Waals surface area contributed by atoms with Gasteiger partial charge in [0.15, 0.2) is 0 Å². The minimum Gasteiger partial charge on any atom is -0.352 e. The summed E-state index contributed by atoms with van der Waals surface area (Å²) in [6, 6.07) is 0.214. The lowest BCUT2D eigenvalue weighted by Gasteiger charge is -2.34. The number of rotatable bonds is 6. The molecular formula is C15H31N3O. The molecule has 1 aliphatic carbocycles. The Morgan fingerprint density at radius 2 is 2.00 bits per heavy atom. The standard InChI is InChI=1S/C15H31N3O/c1-5-18(6-2)10-12(4)17-15(19)13-9-7-8-11(3)14(13)16/h11-14H,5-10,16H2,1-4H3,(H,17,19). The van der Waals surface area contributed by atoms with Crippen molar-refractivity contribution in [2.24, 2.45) is 17.6 Å². The number of carbonyl (C=O) groups is 1. The van der Waals surface area contributed by atoms with Crippen LogP contribution in [-0.2, 0) is 4.79 Å². The van der Waals surface area contributed by atoms with Crippen LogP contribution in [0.2, 0.25) is 0 Å². The largest absolute Gasteiger partial charge is 0.352 e. The Balaban J connectivity index is 2.45. The van der Waals surface area contributed by atoms with Crippen LogP contribution >= 0.6 is 0 Å². The fourth-order valence-corrected chi connectivity index (χ4v) is 3.01. The highest BCUT2D eigenvalue weighted by atomic mass is 16.2. The van der Waals surface area contributed by atoms with E-state index in [1.807, 2.05) is 0 Å². The minimum atomic E-state index is 0.00269. The molecule has 0 aromatic rings. The molecule has 0 saturated heterocycles. The number of nitrogens with two attached hydrogens (primary N) is 1. The maximum atomic E-state index is 12.3. The van der Waals surface area contributed by atoms with Gasteiger partial charge < -0.3 is 16.0 Å². The van der Waals surface area contributed by atoms with Gasteiger partial charge in [0.25, 0.3) is 0 Å². The van der Waals surface area contributed by atoms with Gasteiger partial charge in [0, 0.05) is 18.6 Å². The quantitative estimate of drug-likeness (QED) is 0.770. The summed E-state index contributed by atoms with van der Waals surface area (Å²) in [4.78, 5) is 14.6. The lowest BCUT2D eigenvalue weighted by Crippen LogP contribution is -2.51. The molecule has 0 aliphatic heterocycles. The van der Waals surface area contributed by atoms with Crippen LogP contribution in [0, 0.1) is 11.8 Å². The van der Waals surface area contributed by atoms with Crippen molar-refractivity contribution in [3.63, 3.8) is 0 Å². The van der Waals surface area contributed by atoms with E-state index in [2.05, 4.69) is 37.9 Å². The van der Waals surface area contributed by atoms with Gasteiger partial charge in [-0.05, 0) is 38.8 Å². The Bertz CT molecular complexity index is 279. The second-order valence-corrected chi connectivity index (χ2v) is 5.99. The molecule has 4 unspecified atom stereocenters. The van der Waals surface area contributed by atoms with E-state index in [1.54, 1.807) is 0 Å². The molecule has 0 heterocycles. The third-order valence-electron chi connectivity index (χ3n) is 4.45. The Kier molecular flexibility index (Phi) is 6.80. The molecule has 112 valence electrons. The molecule has 4 atom stereocenters. The van der Waals surface area contributed by atoms with Gasteiger partial charge in [0.2, 0.25) is 5.91 Å². The zero-order valence-corrected chi connectivity index (χ0v) is 13.0. The Morgan fingerprint density at radius 3 is 2.58 bits per heavy atom. The molecule has 1 aliphatic rings. The number of hydrogen-bond acceptors (Lipinski definition) is 3. The molecule has 1 rings (SSSR count). The Hall–Kier alpha value is -0.610. The number of nitrogens with zero attached hydrogens (tertiary/aromatic N) is 1. The normalized spacial score (nSPS) is 29.3. The Morgan fingerprint density at radius 1 is 1.37 bits per heavy atom. The summed E-state index contributed by atoms with van der Waals surface area (Å²) in [7, 11) is 0. The predicted molar refractivity (Wildman–Crippen MR) is 79.9 cm³/mol. The molecule has 0 aromatic carbocycles. The maximum Gasteiger partial charge on any atom is 0.224 e. The molecule has 0 radical (unpaired) electrons. The van der Waals surface area contributed by atoms with Gasteiger partial charge in [-0.1, -0.05) is 27.2 Å². The SMILES string of the molecule is CCN(CC)CC(C)NC(=O)C1CCCC(C)C1N. The number of nitrogens with one attached hydrogen (secondary N) is 1. The summed E-state index contributed by atoms with van der Waals surface area (Å²) >= 11 is 0. The van der Waals surface area contributed by atoms with Crippen LogP contribution in [0.3, 0.4) is 0 Å². The number of likely N-dealkylation sites (N-methyl/N-ethyl adjacent to an activating group) is 1. The van der Waals surface area contributed by atoms with Crippen LogP contribution in [0.4, 0.5) is 0 Å². The van der Waals surface area contributed by atoms with Crippen molar-refractivity contribution in [1.82, 2.24) is 10.2 Å². The van der Waals surface area contributed by atoms with Crippen LogP contribution < -0.4 is 11.1 Å². The van der Waals surface area contributed by atoms with Crippen LogP contribution in [0.1, 0.15) is 47.0 Å². The van der Waals surface area contributed by atoms with Crippen molar-refractivity contribution in [2.75, 3.05) is 19.6 Å². The highest BCUT2D eigenvalue weighted by molar-refractivity contribution is 5.79. The van der Waals surface area contributed by atoms with Crippen LogP contribution in [0.25, 0.3) is 0 Å². The van der Waals surface area contributed by atoms with E-state index in [1.165, 1.54) is 0 Å².